The van der Waals surface area contributed by atoms with Crippen LogP contribution in [0.25, 0.3) is 0 Å². The van der Waals surface area contributed by atoms with Crippen molar-refractivity contribution in [3.63, 3.8) is 0 Å². The highest BCUT2D eigenvalue weighted by atomic mass is 16.4. The number of aromatic nitrogens is 2. The second-order valence-corrected chi connectivity index (χ2v) is 4.40. The van der Waals surface area contributed by atoms with Crippen LogP contribution >= 0.6 is 0 Å². The number of nitrogens with one attached hydrogen (secondary N) is 1. The van der Waals surface area contributed by atoms with Gasteiger partial charge in [0.05, 0.1) is 6.54 Å². The fourth-order valence-corrected chi connectivity index (χ4v) is 2.06. The Morgan fingerprint density at radius 2 is 2.41 bits per heavy atom. The van der Waals surface area contributed by atoms with Crippen LogP contribution in [0.1, 0.15) is 25.7 Å². The second-order valence-electron chi connectivity index (χ2n) is 4.40. The largest absolute Gasteiger partial charge is 0.407 e. The van der Waals surface area contributed by atoms with Gasteiger partial charge >= 0.3 is 6.01 Å². The number of aliphatic hydroxyl groups excluding tert-OH is 1. The van der Waals surface area contributed by atoms with Crippen molar-refractivity contribution >= 4 is 6.01 Å². The van der Waals surface area contributed by atoms with Gasteiger partial charge in [-0.3, -0.25) is 0 Å². The summed E-state index contributed by atoms with van der Waals surface area (Å²) in [6.07, 6.45) is 2.14. The monoisotopic (exact) mass is 240 g/mol. The molecule has 96 valence electrons. The quantitative estimate of drug-likeness (QED) is 0.775. The highest BCUT2D eigenvalue weighted by Crippen LogP contribution is 2.21. The molecule has 0 aliphatic carbocycles. The molecule has 0 spiro atoms. The summed E-state index contributed by atoms with van der Waals surface area (Å²) in [5, 5.41) is 20.4. The van der Waals surface area contributed by atoms with Crippen molar-refractivity contribution in [2.45, 2.75) is 26.3 Å². The van der Waals surface area contributed by atoms with E-state index in [0.717, 1.165) is 32.5 Å². The molecule has 17 heavy (non-hydrogen) atoms. The SMILES string of the molecule is CCNCc1nnc(N2CCCC(CO)C2)o1. The highest BCUT2D eigenvalue weighted by molar-refractivity contribution is 5.25. The van der Waals surface area contributed by atoms with Gasteiger partial charge in [-0.05, 0) is 25.3 Å². The molecule has 1 aromatic rings. The van der Waals surface area contributed by atoms with E-state index in [1.165, 1.54) is 0 Å². The Morgan fingerprint density at radius 1 is 1.53 bits per heavy atom. The zero-order valence-electron chi connectivity index (χ0n) is 10.2. The van der Waals surface area contributed by atoms with Gasteiger partial charge in [-0.15, -0.1) is 5.10 Å². The van der Waals surface area contributed by atoms with Crippen LogP contribution in [0.15, 0.2) is 4.42 Å². The first-order valence-corrected chi connectivity index (χ1v) is 6.22. The van der Waals surface area contributed by atoms with E-state index in [4.69, 9.17) is 4.42 Å². The summed E-state index contributed by atoms with van der Waals surface area (Å²) in [5.41, 5.74) is 0. The molecule has 1 aromatic heterocycles. The molecule has 0 bridgehead atoms. The van der Waals surface area contributed by atoms with Crippen LogP contribution in [0, 0.1) is 5.92 Å². The minimum Gasteiger partial charge on any atom is -0.407 e. The molecule has 1 aliphatic rings. The Hall–Kier alpha value is -1.14. The Morgan fingerprint density at radius 3 is 3.18 bits per heavy atom. The van der Waals surface area contributed by atoms with Gasteiger partial charge in [0, 0.05) is 19.7 Å². The van der Waals surface area contributed by atoms with Crippen LogP contribution in [0.4, 0.5) is 6.01 Å². The molecule has 1 fully saturated rings. The zero-order chi connectivity index (χ0) is 12.1. The molecule has 0 saturated carbocycles. The van der Waals surface area contributed by atoms with E-state index >= 15 is 0 Å². The minimum atomic E-state index is 0.231. The first-order chi connectivity index (χ1) is 8.33. The summed E-state index contributed by atoms with van der Waals surface area (Å²) >= 11 is 0. The maximum absolute atomic E-state index is 9.17. The smallest absolute Gasteiger partial charge is 0.318 e. The van der Waals surface area contributed by atoms with Crippen molar-refractivity contribution < 1.29 is 9.52 Å². The van der Waals surface area contributed by atoms with E-state index in [9.17, 15) is 5.11 Å². The molecule has 6 nitrogen and oxygen atoms in total. The van der Waals surface area contributed by atoms with Gasteiger partial charge in [0.2, 0.25) is 5.89 Å². The van der Waals surface area contributed by atoms with E-state index in [1.807, 2.05) is 6.92 Å². The van der Waals surface area contributed by atoms with Crippen LogP contribution < -0.4 is 10.2 Å². The topological polar surface area (TPSA) is 74.4 Å². The van der Waals surface area contributed by atoms with Crippen LogP contribution in [0.5, 0.6) is 0 Å². The number of hydrogen-bond acceptors (Lipinski definition) is 6. The lowest BCUT2D eigenvalue weighted by Gasteiger charge is -2.30. The molecule has 1 aliphatic heterocycles. The maximum atomic E-state index is 9.17. The second kappa shape index (κ2) is 5.97. The molecule has 0 radical (unpaired) electrons. The van der Waals surface area contributed by atoms with E-state index in [0.29, 0.717) is 24.4 Å². The fraction of sp³-hybridized carbons (Fsp3) is 0.818. The number of anilines is 1. The molecule has 2 rings (SSSR count). The van der Waals surface area contributed by atoms with Crippen molar-refractivity contribution in [1.29, 1.82) is 0 Å². The normalized spacial score (nSPS) is 20.8. The Bertz CT molecular complexity index is 342. The van der Waals surface area contributed by atoms with Crippen molar-refractivity contribution in [2.75, 3.05) is 31.1 Å². The number of nitrogens with zero attached hydrogens (tertiary/aromatic N) is 3. The standard InChI is InChI=1S/C11H20N4O2/c1-2-12-6-10-13-14-11(17-10)15-5-3-4-9(7-15)8-16/h9,12,16H,2-8H2,1H3. The van der Waals surface area contributed by atoms with Crippen LogP contribution in [-0.2, 0) is 6.54 Å². The Balaban J connectivity index is 1.94. The highest BCUT2D eigenvalue weighted by Gasteiger charge is 2.23. The van der Waals surface area contributed by atoms with Crippen LogP contribution in [0.2, 0.25) is 0 Å². The van der Waals surface area contributed by atoms with Gasteiger partial charge in [-0.2, -0.15) is 0 Å². The number of hydrogen-bond donors (Lipinski definition) is 2. The van der Waals surface area contributed by atoms with E-state index in [2.05, 4.69) is 20.4 Å². The summed E-state index contributed by atoms with van der Waals surface area (Å²) in [6, 6.07) is 0.580. The van der Waals surface area contributed by atoms with Crippen molar-refractivity contribution in [2.24, 2.45) is 5.92 Å². The van der Waals surface area contributed by atoms with Gasteiger partial charge < -0.3 is 19.7 Å². The molecule has 6 heteroatoms. The molecule has 2 N–H and O–H groups in total. The number of rotatable bonds is 5. The van der Waals surface area contributed by atoms with Crippen molar-refractivity contribution in [3.8, 4) is 0 Å². The molecule has 1 saturated heterocycles. The van der Waals surface area contributed by atoms with Gasteiger partial charge in [0.15, 0.2) is 0 Å². The lowest BCUT2D eigenvalue weighted by atomic mass is 10.00. The van der Waals surface area contributed by atoms with Gasteiger partial charge in [0.25, 0.3) is 0 Å². The average Bonchev–Trinajstić information content (AvgIpc) is 2.85. The molecule has 0 amide bonds. The molecular weight excluding hydrogens is 220 g/mol. The van der Waals surface area contributed by atoms with E-state index < -0.39 is 0 Å². The average molecular weight is 240 g/mol. The van der Waals surface area contributed by atoms with Gasteiger partial charge in [-0.25, -0.2) is 0 Å². The van der Waals surface area contributed by atoms with Gasteiger partial charge in [-0.1, -0.05) is 12.0 Å². The fourth-order valence-electron chi connectivity index (χ4n) is 2.06. The van der Waals surface area contributed by atoms with Crippen LogP contribution in [-0.4, -0.2) is 41.5 Å². The predicted molar refractivity (Wildman–Crippen MR) is 63.7 cm³/mol. The Labute approximate surface area is 101 Å². The summed E-state index contributed by atoms with van der Waals surface area (Å²) < 4.78 is 5.58. The Kier molecular flexibility index (Phi) is 4.33. The summed E-state index contributed by atoms with van der Waals surface area (Å²) in [4.78, 5) is 2.06. The van der Waals surface area contributed by atoms with E-state index in [-0.39, 0.29) is 6.61 Å². The summed E-state index contributed by atoms with van der Waals surface area (Å²) in [5.74, 6) is 0.945. The van der Waals surface area contributed by atoms with E-state index in [1.54, 1.807) is 0 Å². The molecule has 1 unspecified atom stereocenters. The van der Waals surface area contributed by atoms with Crippen molar-refractivity contribution in [3.05, 3.63) is 5.89 Å². The number of aliphatic hydroxyl groups is 1. The zero-order valence-corrected chi connectivity index (χ0v) is 10.2. The van der Waals surface area contributed by atoms with Gasteiger partial charge in [0.1, 0.15) is 0 Å². The lowest BCUT2D eigenvalue weighted by Crippen LogP contribution is -2.37. The van der Waals surface area contributed by atoms with Crippen molar-refractivity contribution in [1.82, 2.24) is 15.5 Å². The molecular formula is C11H20N4O2. The molecule has 2 heterocycles. The molecule has 1 atom stereocenters. The summed E-state index contributed by atoms with van der Waals surface area (Å²) in [6.45, 7) is 5.50. The minimum absolute atomic E-state index is 0.231. The maximum Gasteiger partial charge on any atom is 0.318 e. The predicted octanol–water partition coefficient (Wildman–Crippen LogP) is 0.388. The number of piperidine rings is 1. The third-order valence-corrected chi connectivity index (χ3v) is 3.03. The summed E-state index contributed by atoms with van der Waals surface area (Å²) in [7, 11) is 0. The lowest BCUT2D eigenvalue weighted by molar-refractivity contribution is 0.206. The first-order valence-electron chi connectivity index (χ1n) is 6.22. The van der Waals surface area contributed by atoms with Crippen LogP contribution in [0.3, 0.4) is 0 Å². The first kappa shape index (κ1) is 12.3. The third-order valence-electron chi connectivity index (χ3n) is 3.03. The third kappa shape index (κ3) is 3.17. The molecule has 0 aromatic carbocycles.